The Morgan fingerprint density at radius 1 is 1.22 bits per heavy atom. The van der Waals surface area contributed by atoms with Crippen molar-refractivity contribution < 1.29 is 24.4 Å². The van der Waals surface area contributed by atoms with Crippen molar-refractivity contribution in [2.75, 3.05) is 0 Å². The second-order valence-corrected chi connectivity index (χ2v) is 11.6. The number of phenolic OH excluding ortho intramolecular Hbond substituents is 1. The first-order chi connectivity index (χ1) is 17.9. The molecule has 8 heteroatoms. The Hall–Kier alpha value is -2.68. The molecule has 0 saturated carbocycles. The summed E-state index contributed by atoms with van der Waals surface area (Å²) in [5.41, 5.74) is 4.47. The lowest BCUT2D eigenvalue weighted by Crippen LogP contribution is -2.46. The van der Waals surface area contributed by atoms with Crippen LogP contribution in [-0.4, -0.2) is 40.1 Å². The predicted octanol–water partition coefficient (Wildman–Crippen LogP) is 5.43. The number of hydrogen-bond acceptors (Lipinski definition) is 6. The zero-order valence-electron chi connectivity index (χ0n) is 21.4. The van der Waals surface area contributed by atoms with Gasteiger partial charge < -0.3 is 14.8 Å². The molecule has 0 spiro atoms. The first-order valence-electron chi connectivity index (χ1n) is 13.2. The van der Waals surface area contributed by atoms with Crippen molar-refractivity contribution in [2.45, 2.75) is 64.9 Å². The normalized spacial score (nSPS) is 26.1. The average molecular weight is 519 g/mol. The molecule has 5 rings (SSSR count). The second-order valence-electron chi connectivity index (χ2n) is 10.5. The van der Waals surface area contributed by atoms with Crippen LogP contribution in [0.5, 0.6) is 5.75 Å². The number of carbonyl (C=O) groups is 2. The number of imide groups is 1. The number of thiophene rings is 1. The molecule has 3 aliphatic rings. The summed E-state index contributed by atoms with van der Waals surface area (Å²) in [6.45, 7) is 4.52. The van der Waals surface area contributed by atoms with Crippen LogP contribution in [0.25, 0.3) is 6.08 Å². The van der Waals surface area contributed by atoms with Gasteiger partial charge in [-0.15, -0.1) is 11.3 Å². The fourth-order valence-corrected chi connectivity index (χ4v) is 7.10. The van der Waals surface area contributed by atoms with Crippen molar-refractivity contribution in [3.05, 3.63) is 68.9 Å². The minimum atomic E-state index is -0.954. The number of benzene rings is 1. The zero-order chi connectivity index (χ0) is 26.1. The summed E-state index contributed by atoms with van der Waals surface area (Å²) in [4.78, 5) is 29.5. The van der Waals surface area contributed by atoms with Crippen LogP contribution < -0.4 is 0 Å². The van der Waals surface area contributed by atoms with Crippen molar-refractivity contribution >= 4 is 36.3 Å². The standard InChI is InChI=1S/C29H34BNO5S/c1-3-6-20-15-23-27(29(34)31(28(23)33)17-22-9-5-12-37-22)24-16-30(35)36-25(26(20)24)11-10-18(2)13-19-7-4-8-21(32)14-19/h4-5,7-9,12-14,23-25,27,32,35H,3,6,10-11,15-17H2,1-2H3/b18-13+/t23-,24+,25-,27-/m1/s1. The SMILES string of the molecule is CCCC1=C2[C@@H](CC/C(C)=C/c3cccc(O)c3)OB(O)C[C@@H]2[C@@H]2C(=O)N(Cc3cccs3)C(=O)[C@@H]2C1. The summed E-state index contributed by atoms with van der Waals surface area (Å²) in [5, 5.41) is 22.4. The number of phenols is 1. The lowest BCUT2D eigenvalue weighted by molar-refractivity contribution is -0.140. The number of amides is 2. The maximum absolute atomic E-state index is 13.6. The van der Waals surface area contributed by atoms with E-state index in [1.54, 1.807) is 23.5 Å². The van der Waals surface area contributed by atoms with Gasteiger partial charge in [-0.1, -0.05) is 48.8 Å². The monoisotopic (exact) mass is 519 g/mol. The number of fused-ring (bicyclic) bond motifs is 3. The van der Waals surface area contributed by atoms with E-state index in [1.165, 1.54) is 10.5 Å². The van der Waals surface area contributed by atoms with Gasteiger partial charge >= 0.3 is 7.12 Å². The van der Waals surface area contributed by atoms with Gasteiger partial charge in [0.15, 0.2) is 0 Å². The number of nitrogens with zero attached hydrogens (tertiary/aromatic N) is 1. The molecule has 2 N–H and O–H groups in total. The van der Waals surface area contributed by atoms with E-state index < -0.39 is 13.0 Å². The van der Waals surface area contributed by atoms with E-state index in [2.05, 4.69) is 19.9 Å². The maximum atomic E-state index is 13.6. The second kappa shape index (κ2) is 11.0. The number of allylic oxidation sites excluding steroid dienone is 2. The van der Waals surface area contributed by atoms with E-state index in [4.69, 9.17) is 4.65 Å². The fraction of sp³-hybridized carbons (Fsp3) is 0.448. The molecule has 2 aromatic rings. The van der Waals surface area contributed by atoms with Crippen LogP contribution in [0.3, 0.4) is 0 Å². The summed E-state index contributed by atoms with van der Waals surface area (Å²) in [6.07, 6.45) is 6.00. The maximum Gasteiger partial charge on any atom is 0.455 e. The smallest absolute Gasteiger partial charge is 0.455 e. The molecule has 194 valence electrons. The lowest BCUT2D eigenvalue weighted by atomic mass is 9.58. The molecule has 0 radical (unpaired) electrons. The van der Waals surface area contributed by atoms with Gasteiger partial charge in [-0.25, -0.2) is 0 Å². The molecule has 1 aliphatic carbocycles. The average Bonchev–Trinajstić information content (AvgIpc) is 3.45. The third-order valence-corrected chi connectivity index (χ3v) is 8.79. The Labute approximate surface area is 222 Å². The molecule has 0 unspecified atom stereocenters. The third-order valence-electron chi connectivity index (χ3n) is 7.93. The minimum Gasteiger partial charge on any atom is -0.508 e. The van der Waals surface area contributed by atoms with Crippen LogP contribution in [0.1, 0.15) is 56.4 Å². The number of hydrogen-bond donors (Lipinski definition) is 2. The van der Waals surface area contributed by atoms with Crippen LogP contribution in [0.4, 0.5) is 0 Å². The van der Waals surface area contributed by atoms with Gasteiger partial charge in [0.05, 0.1) is 24.5 Å². The van der Waals surface area contributed by atoms with E-state index in [0.29, 0.717) is 25.7 Å². The summed E-state index contributed by atoms with van der Waals surface area (Å²) in [5.74, 6) is -0.880. The predicted molar refractivity (Wildman–Crippen MR) is 146 cm³/mol. The van der Waals surface area contributed by atoms with Crippen LogP contribution in [-0.2, 0) is 20.8 Å². The number of aromatic hydroxyl groups is 1. The topological polar surface area (TPSA) is 87.1 Å². The quantitative estimate of drug-likeness (QED) is 0.276. The highest BCUT2D eigenvalue weighted by Crippen LogP contribution is 2.51. The summed E-state index contributed by atoms with van der Waals surface area (Å²) in [7, 11) is -0.954. The number of likely N-dealkylation sites (tertiary alicyclic amines) is 1. The highest BCUT2D eigenvalue weighted by atomic mass is 32.1. The van der Waals surface area contributed by atoms with Crippen molar-refractivity contribution in [1.82, 2.24) is 4.90 Å². The Kier molecular flexibility index (Phi) is 7.70. The van der Waals surface area contributed by atoms with Gasteiger partial charge in [-0.05, 0) is 79.6 Å². The van der Waals surface area contributed by atoms with Gasteiger partial charge in [0.25, 0.3) is 0 Å². The number of carbonyl (C=O) groups excluding carboxylic acids is 2. The van der Waals surface area contributed by atoms with E-state index in [9.17, 15) is 19.7 Å². The van der Waals surface area contributed by atoms with E-state index in [1.807, 2.05) is 29.6 Å². The molecule has 3 heterocycles. The van der Waals surface area contributed by atoms with Crippen molar-refractivity contribution in [2.24, 2.45) is 17.8 Å². The van der Waals surface area contributed by atoms with Crippen molar-refractivity contribution in [3.8, 4) is 5.75 Å². The van der Waals surface area contributed by atoms with Gasteiger partial charge in [0.2, 0.25) is 11.8 Å². The van der Waals surface area contributed by atoms with Crippen LogP contribution in [0.15, 0.2) is 58.5 Å². The first-order valence-corrected chi connectivity index (χ1v) is 14.1. The molecular formula is C29H34BNO5S. The van der Waals surface area contributed by atoms with Gasteiger partial charge in [0, 0.05) is 4.88 Å². The van der Waals surface area contributed by atoms with Gasteiger partial charge in [-0.2, -0.15) is 0 Å². The highest BCUT2D eigenvalue weighted by Gasteiger charge is 2.57. The fourth-order valence-electron chi connectivity index (χ4n) is 6.41. The molecule has 6 nitrogen and oxygen atoms in total. The van der Waals surface area contributed by atoms with Crippen molar-refractivity contribution in [1.29, 1.82) is 0 Å². The lowest BCUT2D eigenvalue weighted by Gasteiger charge is -2.43. The molecule has 1 aromatic carbocycles. The minimum absolute atomic E-state index is 0.0709. The van der Waals surface area contributed by atoms with E-state index in [-0.39, 0.29) is 35.5 Å². The van der Waals surface area contributed by atoms with Crippen LogP contribution in [0, 0.1) is 17.8 Å². The molecule has 2 fully saturated rings. The largest absolute Gasteiger partial charge is 0.508 e. The Morgan fingerprint density at radius 3 is 2.78 bits per heavy atom. The number of rotatable bonds is 8. The Bertz CT molecular complexity index is 1220. The molecule has 2 aliphatic heterocycles. The summed E-state index contributed by atoms with van der Waals surface area (Å²) in [6, 6.07) is 11.1. The molecule has 1 aromatic heterocycles. The van der Waals surface area contributed by atoms with Gasteiger partial charge in [-0.3, -0.25) is 14.5 Å². The van der Waals surface area contributed by atoms with Gasteiger partial charge in [0.1, 0.15) is 5.75 Å². The van der Waals surface area contributed by atoms with Crippen LogP contribution >= 0.6 is 11.3 Å². The molecule has 37 heavy (non-hydrogen) atoms. The summed E-state index contributed by atoms with van der Waals surface area (Å²) < 4.78 is 6.10. The Balaban J connectivity index is 1.39. The molecule has 2 saturated heterocycles. The first kappa shape index (κ1) is 26.0. The van der Waals surface area contributed by atoms with Crippen LogP contribution in [0.2, 0.25) is 6.32 Å². The third kappa shape index (κ3) is 5.33. The summed E-state index contributed by atoms with van der Waals surface area (Å²) >= 11 is 1.55. The molecular weight excluding hydrogens is 485 g/mol. The van der Waals surface area contributed by atoms with E-state index in [0.717, 1.165) is 40.8 Å². The zero-order valence-corrected chi connectivity index (χ0v) is 22.2. The Morgan fingerprint density at radius 2 is 2.05 bits per heavy atom. The van der Waals surface area contributed by atoms with E-state index >= 15 is 0 Å². The van der Waals surface area contributed by atoms with Crippen molar-refractivity contribution in [3.63, 3.8) is 0 Å². The molecule has 0 bridgehead atoms. The molecule has 4 atom stereocenters. The molecule has 2 amide bonds. The highest BCUT2D eigenvalue weighted by molar-refractivity contribution is 7.09.